The van der Waals surface area contributed by atoms with E-state index in [1.165, 1.54) is 6.21 Å². The lowest BCUT2D eigenvalue weighted by molar-refractivity contribution is 0.306. The van der Waals surface area contributed by atoms with E-state index < -0.39 is 10.0 Å². The minimum Gasteiger partial charge on any atom is -0.489 e. The van der Waals surface area contributed by atoms with Crippen molar-refractivity contribution in [2.24, 2.45) is 4.40 Å². The summed E-state index contributed by atoms with van der Waals surface area (Å²) < 4.78 is 33.9. The molecule has 0 saturated heterocycles. The van der Waals surface area contributed by atoms with Gasteiger partial charge in [-0.15, -0.1) is 0 Å². The second-order valence-electron chi connectivity index (χ2n) is 5.87. The fourth-order valence-corrected chi connectivity index (χ4v) is 3.15. The molecule has 0 aliphatic carbocycles. The summed E-state index contributed by atoms with van der Waals surface area (Å²) in [5.41, 5.74) is 2.77. The number of ether oxygens (including phenoxy) is 1. The molecule has 0 atom stereocenters. The minimum absolute atomic E-state index is 0.183. The normalized spacial score (nSPS) is 11.6. The van der Waals surface area contributed by atoms with E-state index in [0.717, 1.165) is 11.1 Å². The topological polar surface area (TPSA) is 55.7 Å². The van der Waals surface area contributed by atoms with Crippen molar-refractivity contribution in [3.8, 4) is 5.75 Å². The van der Waals surface area contributed by atoms with Crippen LogP contribution in [0.25, 0.3) is 0 Å². The van der Waals surface area contributed by atoms with Gasteiger partial charge in [0.1, 0.15) is 12.4 Å². The zero-order valence-electron chi connectivity index (χ0n) is 14.4. The summed E-state index contributed by atoms with van der Waals surface area (Å²) in [7, 11) is -3.69. The third kappa shape index (κ3) is 4.80. The largest absolute Gasteiger partial charge is 0.489 e. The Bertz CT molecular complexity index is 978. The SMILES string of the molecule is Cc1ccc(S(=O)(=O)/N=C\c2ccc(OCc3ccccc3)cc2)cc1. The highest BCUT2D eigenvalue weighted by atomic mass is 32.2. The maximum Gasteiger partial charge on any atom is 0.282 e. The Hall–Kier alpha value is -2.92. The Kier molecular flexibility index (Phi) is 5.49. The average molecular weight is 365 g/mol. The first-order valence-corrected chi connectivity index (χ1v) is 9.61. The summed E-state index contributed by atoms with van der Waals surface area (Å²) in [5, 5.41) is 0. The molecule has 0 aromatic heterocycles. The number of sulfonamides is 1. The lowest BCUT2D eigenvalue weighted by Crippen LogP contribution is -1.98. The van der Waals surface area contributed by atoms with Crippen LogP contribution in [0.2, 0.25) is 0 Å². The zero-order chi connectivity index (χ0) is 18.4. The molecule has 5 heteroatoms. The first-order valence-electron chi connectivity index (χ1n) is 8.17. The van der Waals surface area contributed by atoms with Crippen LogP contribution in [0.1, 0.15) is 16.7 Å². The third-order valence-electron chi connectivity index (χ3n) is 3.79. The molecule has 0 unspecified atom stereocenters. The molecule has 0 N–H and O–H groups in total. The molecule has 0 saturated carbocycles. The van der Waals surface area contributed by atoms with E-state index >= 15 is 0 Å². The van der Waals surface area contributed by atoms with Crippen molar-refractivity contribution >= 4 is 16.2 Å². The van der Waals surface area contributed by atoms with Gasteiger partial charge in [-0.1, -0.05) is 48.0 Å². The Morgan fingerprint density at radius 2 is 1.54 bits per heavy atom. The van der Waals surface area contributed by atoms with E-state index in [2.05, 4.69) is 4.40 Å². The van der Waals surface area contributed by atoms with Crippen molar-refractivity contribution in [1.82, 2.24) is 0 Å². The highest BCUT2D eigenvalue weighted by molar-refractivity contribution is 7.90. The summed E-state index contributed by atoms with van der Waals surface area (Å²) in [6.45, 7) is 2.39. The molecular formula is C21H19NO3S. The zero-order valence-corrected chi connectivity index (χ0v) is 15.2. The molecule has 0 aliphatic rings. The van der Waals surface area contributed by atoms with Crippen LogP contribution in [0, 0.1) is 6.92 Å². The van der Waals surface area contributed by atoms with Gasteiger partial charge in [-0.25, -0.2) is 0 Å². The van der Waals surface area contributed by atoms with Gasteiger partial charge in [-0.3, -0.25) is 0 Å². The Morgan fingerprint density at radius 3 is 2.19 bits per heavy atom. The second kappa shape index (κ2) is 7.97. The van der Waals surface area contributed by atoms with E-state index in [-0.39, 0.29) is 4.90 Å². The van der Waals surface area contributed by atoms with Gasteiger partial charge in [0.05, 0.1) is 4.90 Å². The quantitative estimate of drug-likeness (QED) is 0.609. The van der Waals surface area contributed by atoms with Gasteiger partial charge in [-0.2, -0.15) is 12.8 Å². The molecule has 132 valence electrons. The van der Waals surface area contributed by atoms with Crippen molar-refractivity contribution in [3.05, 3.63) is 95.6 Å². The Morgan fingerprint density at radius 1 is 0.885 bits per heavy atom. The molecule has 4 nitrogen and oxygen atoms in total. The van der Waals surface area contributed by atoms with Crippen LogP contribution in [-0.4, -0.2) is 14.6 Å². The number of benzene rings is 3. The van der Waals surface area contributed by atoms with Gasteiger partial charge >= 0.3 is 0 Å². The third-order valence-corrected chi connectivity index (χ3v) is 5.04. The molecular weight excluding hydrogens is 346 g/mol. The fraction of sp³-hybridized carbons (Fsp3) is 0.0952. The monoisotopic (exact) mass is 365 g/mol. The first kappa shape index (κ1) is 17.9. The van der Waals surface area contributed by atoms with Gasteiger partial charge < -0.3 is 4.74 Å². The summed E-state index contributed by atoms with van der Waals surface area (Å²) in [5.74, 6) is 0.715. The van der Waals surface area contributed by atoms with Crippen LogP contribution in [-0.2, 0) is 16.6 Å². The number of hydrogen-bond donors (Lipinski definition) is 0. The predicted molar refractivity (Wildman–Crippen MR) is 103 cm³/mol. The standard InChI is InChI=1S/C21H19NO3S/c1-17-7-13-21(14-8-17)26(23,24)22-15-18-9-11-20(12-10-18)25-16-19-5-3-2-4-6-19/h2-15H,16H2,1H3/b22-15-. The van der Waals surface area contributed by atoms with Gasteiger partial charge in [-0.05, 0) is 54.4 Å². The Balaban J connectivity index is 1.65. The van der Waals surface area contributed by atoms with Crippen molar-refractivity contribution < 1.29 is 13.2 Å². The predicted octanol–water partition coefficient (Wildman–Crippen LogP) is 4.38. The molecule has 26 heavy (non-hydrogen) atoms. The fourth-order valence-electron chi connectivity index (χ4n) is 2.29. The molecule has 0 spiro atoms. The Labute approximate surface area is 153 Å². The van der Waals surface area contributed by atoms with E-state index in [0.29, 0.717) is 17.9 Å². The molecule has 3 aromatic rings. The summed E-state index contributed by atoms with van der Waals surface area (Å²) >= 11 is 0. The summed E-state index contributed by atoms with van der Waals surface area (Å²) in [6, 6.07) is 23.6. The maximum absolute atomic E-state index is 12.2. The highest BCUT2D eigenvalue weighted by Crippen LogP contribution is 2.15. The van der Waals surface area contributed by atoms with Crippen LogP contribution in [0.3, 0.4) is 0 Å². The van der Waals surface area contributed by atoms with Gasteiger partial charge in [0, 0.05) is 6.21 Å². The average Bonchev–Trinajstić information content (AvgIpc) is 2.67. The molecule has 0 fully saturated rings. The van der Waals surface area contributed by atoms with Crippen molar-refractivity contribution in [2.75, 3.05) is 0 Å². The van der Waals surface area contributed by atoms with Crippen molar-refractivity contribution in [2.45, 2.75) is 18.4 Å². The van der Waals surface area contributed by atoms with Crippen LogP contribution >= 0.6 is 0 Å². The van der Waals surface area contributed by atoms with Crippen LogP contribution < -0.4 is 4.74 Å². The van der Waals surface area contributed by atoms with Crippen molar-refractivity contribution in [1.29, 1.82) is 0 Å². The van der Waals surface area contributed by atoms with E-state index in [1.54, 1.807) is 48.5 Å². The van der Waals surface area contributed by atoms with Gasteiger partial charge in [0.15, 0.2) is 0 Å². The minimum atomic E-state index is -3.69. The lowest BCUT2D eigenvalue weighted by Gasteiger charge is -2.06. The smallest absolute Gasteiger partial charge is 0.282 e. The number of nitrogens with zero attached hydrogens (tertiary/aromatic N) is 1. The first-order chi connectivity index (χ1) is 12.5. The van der Waals surface area contributed by atoms with Gasteiger partial charge in [0.2, 0.25) is 0 Å². The highest BCUT2D eigenvalue weighted by Gasteiger charge is 2.10. The van der Waals surface area contributed by atoms with E-state index in [1.807, 2.05) is 37.3 Å². The number of rotatable bonds is 6. The molecule has 0 heterocycles. The lowest BCUT2D eigenvalue weighted by atomic mass is 10.2. The summed E-state index contributed by atoms with van der Waals surface area (Å²) in [4.78, 5) is 0.183. The molecule has 0 aliphatic heterocycles. The second-order valence-corrected chi connectivity index (χ2v) is 7.50. The van der Waals surface area contributed by atoms with Crippen LogP contribution in [0.15, 0.2) is 88.2 Å². The number of aryl methyl sites for hydroxylation is 1. The molecule has 0 bridgehead atoms. The van der Waals surface area contributed by atoms with Gasteiger partial charge in [0.25, 0.3) is 10.0 Å². The number of hydrogen-bond acceptors (Lipinski definition) is 3. The molecule has 0 amide bonds. The summed E-state index contributed by atoms with van der Waals surface area (Å²) in [6.07, 6.45) is 1.34. The van der Waals surface area contributed by atoms with Crippen LogP contribution in [0.4, 0.5) is 0 Å². The van der Waals surface area contributed by atoms with Crippen molar-refractivity contribution in [3.63, 3.8) is 0 Å². The molecule has 3 rings (SSSR count). The van der Waals surface area contributed by atoms with Crippen LogP contribution in [0.5, 0.6) is 5.75 Å². The maximum atomic E-state index is 12.2. The molecule has 3 aromatic carbocycles. The van der Waals surface area contributed by atoms with E-state index in [9.17, 15) is 8.42 Å². The van der Waals surface area contributed by atoms with E-state index in [4.69, 9.17) is 4.74 Å². The molecule has 0 radical (unpaired) electrons.